The van der Waals surface area contributed by atoms with E-state index >= 15 is 0 Å². The van der Waals surface area contributed by atoms with Gasteiger partial charge in [0.05, 0.1) is 6.54 Å². The molecule has 100 valence electrons. The van der Waals surface area contributed by atoms with Crippen molar-refractivity contribution in [3.8, 4) is 0 Å². The molecule has 20 heavy (non-hydrogen) atoms. The van der Waals surface area contributed by atoms with Gasteiger partial charge in [-0.15, -0.1) is 0 Å². The van der Waals surface area contributed by atoms with Crippen LogP contribution in [-0.4, -0.2) is 25.6 Å². The quantitative estimate of drug-likeness (QED) is 0.326. The molecule has 0 fully saturated rings. The Morgan fingerprint density at radius 1 is 1.20 bits per heavy atom. The number of benzene rings is 1. The standard InChI is InChI=1S/C14H13N5O/c15-14(18-20)11-3-1-4-12-10(11)5-8-19(12)9-13-16-6-2-7-17-13/h1-8,20H,9H2,(H2,15,18). The Morgan fingerprint density at radius 2 is 2.00 bits per heavy atom. The predicted octanol–water partition coefficient (Wildman–Crippen LogP) is 1.57. The van der Waals surface area contributed by atoms with Gasteiger partial charge in [0, 0.05) is 35.1 Å². The number of fused-ring (bicyclic) bond motifs is 1. The van der Waals surface area contributed by atoms with Crippen molar-refractivity contribution in [1.29, 1.82) is 0 Å². The highest BCUT2D eigenvalue weighted by atomic mass is 16.4. The van der Waals surface area contributed by atoms with Gasteiger partial charge in [0.2, 0.25) is 0 Å². The lowest BCUT2D eigenvalue weighted by Crippen LogP contribution is -2.13. The minimum atomic E-state index is 0.101. The van der Waals surface area contributed by atoms with E-state index in [0.717, 1.165) is 16.7 Å². The summed E-state index contributed by atoms with van der Waals surface area (Å²) < 4.78 is 2.03. The van der Waals surface area contributed by atoms with Crippen molar-refractivity contribution in [3.05, 3.63) is 60.3 Å². The van der Waals surface area contributed by atoms with Gasteiger partial charge in [0.15, 0.2) is 5.84 Å². The van der Waals surface area contributed by atoms with E-state index in [1.807, 2.05) is 35.0 Å². The van der Waals surface area contributed by atoms with Gasteiger partial charge in [0.25, 0.3) is 0 Å². The first-order valence-corrected chi connectivity index (χ1v) is 6.11. The number of amidine groups is 1. The highest BCUT2D eigenvalue weighted by Crippen LogP contribution is 2.20. The second kappa shape index (κ2) is 5.00. The van der Waals surface area contributed by atoms with Crippen molar-refractivity contribution in [2.24, 2.45) is 10.9 Å². The molecule has 0 bridgehead atoms. The van der Waals surface area contributed by atoms with Gasteiger partial charge in [-0.2, -0.15) is 0 Å². The summed E-state index contributed by atoms with van der Waals surface area (Å²) in [6.07, 6.45) is 5.38. The van der Waals surface area contributed by atoms with E-state index in [0.29, 0.717) is 12.1 Å². The van der Waals surface area contributed by atoms with Crippen molar-refractivity contribution < 1.29 is 5.21 Å². The van der Waals surface area contributed by atoms with Crippen LogP contribution >= 0.6 is 0 Å². The molecule has 1 aromatic carbocycles. The fraction of sp³-hybridized carbons (Fsp3) is 0.0714. The van der Waals surface area contributed by atoms with E-state index < -0.39 is 0 Å². The summed E-state index contributed by atoms with van der Waals surface area (Å²) >= 11 is 0. The molecular weight excluding hydrogens is 254 g/mol. The second-order valence-corrected chi connectivity index (χ2v) is 4.33. The largest absolute Gasteiger partial charge is 0.409 e. The first-order chi connectivity index (χ1) is 9.79. The molecule has 0 aliphatic carbocycles. The van der Waals surface area contributed by atoms with E-state index in [1.54, 1.807) is 18.5 Å². The number of hydrogen-bond acceptors (Lipinski definition) is 4. The zero-order valence-electron chi connectivity index (χ0n) is 10.6. The zero-order valence-corrected chi connectivity index (χ0v) is 10.6. The van der Waals surface area contributed by atoms with Crippen LogP contribution in [0, 0.1) is 0 Å². The molecule has 3 N–H and O–H groups in total. The Kier molecular flexibility index (Phi) is 3.04. The topological polar surface area (TPSA) is 89.3 Å². The van der Waals surface area contributed by atoms with Crippen LogP contribution in [0.4, 0.5) is 0 Å². The fourth-order valence-electron chi connectivity index (χ4n) is 2.20. The van der Waals surface area contributed by atoms with Gasteiger partial charge in [-0.1, -0.05) is 17.3 Å². The highest BCUT2D eigenvalue weighted by Gasteiger charge is 2.09. The van der Waals surface area contributed by atoms with Crippen LogP contribution in [-0.2, 0) is 6.54 Å². The second-order valence-electron chi connectivity index (χ2n) is 4.33. The minimum Gasteiger partial charge on any atom is -0.409 e. The molecule has 2 heterocycles. The van der Waals surface area contributed by atoms with Crippen LogP contribution in [0.3, 0.4) is 0 Å². The monoisotopic (exact) mass is 267 g/mol. The zero-order chi connectivity index (χ0) is 13.9. The number of hydrogen-bond donors (Lipinski definition) is 2. The van der Waals surface area contributed by atoms with Crippen molar-refractivity contribution in [1.82, 2.24) is 14.5 Å². The molecular formula is C14H13N5O. The van der Waals surface area contributed by atoms with Gasteiger partial charge in [-0.25, -0.2) is 9.97 Å². The molecule has 0 saturated carbocycles. The third-order valence-corrected chi connectivity index (χ3v) is 3.13. The summed E-state index contributed by atoms with van der Waals surface area (Å²) in [7, 11) is 0. The Morgan fingerprint density at radius 3 is 2.75 bits per heavy atom. The number of nitrogens with zero attached hydrogens (tertiary/aromatic N) is 4. The van der Waals surface area contributed by atoms with Crippen LogP contribution in [0.1, 0.15) is 11.4 Å². The first-order valence-electron chi connectivity index (χ1n) is 6.11. The average Bonchev–Trinajstić information content (AvgIpc) is 2.91. The van der Waals surface area contributed by atoms with E-state index in [9.17, 15) is 0 Å². The van der Waals surface area contributed by atoms with Gasteiger partial charge in [-0.3, -0.25) is 0 Å². The maximum atomic E-state index is 8.83. The molecule has 2 aromatic heterocycles. The fourth-order valence-corrected chi connectivity index (χ4v) is 2.20. The molecule has 0 aliphatic rings. The molecule has 0 radical (unpaired) electrons. The van der Waals surface area contributed by atoms with E-state index in [4.69, 9.17) is 10.9 Å². The number of nitrogens with two attached hydrogens (primary N) is 1. The summed E-state index contributed by atoms with van der Waals surface area (Å²) in [4.78, 5) is 8.43. The van der Waals surface area contributed by atoms with Crippen LogP contribution in [0.25, 0.3) is 10.9 Å². The molecule has 6 heteroatoms. The maximum absolute atomic E-state index is 8.83. The molecule has 0 saturated heterocycles. The number of aromatic nitrogens is 3. The maximum Gasteiger partial charge on any atom is 0.170 e. The molecule has 0 atom stereocenters. The normalized spacial score (nSPS) is 11.9. The van der Waals surface area contributed by atoms with Crippen LogP contribution in [0.15, 0.2) is 54.1 Å². The lowest BCUT2D eigenvalue weighted by Gasteiger charge is -2.05. The van der Waals surface area contributed by atoms with E-state index in [1.165, 1.54) is 0 Å². The first kappa shape index (κ1) is 12.2. The third kappa shape index (κ3) is 2.07. The Bertz CT molecular complexity index is 764. The van der Waals surface area contributed by atoms with Gasteiger partial charge in [-0.05, 0) is 18.2 Å². The predicted molar refractivity (Wildman–Crippen MR) is 75.6 cm³/mol. The molecule has 0 amide bonds. The molecule has 0 aliphatic heterocycles. The van der Waals surface area contributed by atoms with Gasteiger partial charge in [0.1, 0.15) is 5.82 Å². The molecule has 6 nitrogen and oxygen atoms in total. The summed E-state index contributed by atoms with van der Waals surface area (Å²) in [5.41, 5.74) is 7.38. The SMILES string of the molecule is N/C(=N/O)c1cccc2c1ccn2Cc1ncccn1. The lowest BCUT2D eigenvalue weighted by molar-refractivity contribution is 0.318. The Balaban J connectivity index is 2.06. The van der Waals surface area contributed by atoms with Crippen molar-refractivity contribution in [2.45, 2.75) is 6.54 Å². The van der Waals surface area contributed by atoms with Gasteiger partial charge >= 0.3 is 0 Å². The molecule has 0 spiro atoms. The Labute approximate surface area is 115 Å². The van der Waals surface area contributed by atoms with E-state index in [-0.39, 0.29) is 5.84 Å². The smallest absolute Gasteiger partial charge is 0.170 e. The summed E-state index contributed by atoms with van der Waals surface area (Å²) in [5.74, 6) is 0.837. The van der Waals surface area contributed by atoms with Crippen LogP contribution < -0.4 is 5.73 Å². The summed E-state index contributed by atoms with van der Waals surface area (Å²) in [5, 5.41) is 12.8. The van der Waals surface area contributed by atoms with Crippen LogP contribution in [0.2, 0.25) is 0 Å². The highest BCUT2D eigenvalue weighted by molar-refractivity contribution is 6.08. The molecule has 0 unspecified atom stereocenters. The minimum absolute atomic E-state index is 0.101. The van der Waals surface area contributed by atoms with Crippen molar-refractivity contribution in [3.63, 3.8) is 0 Å². The third-order valence-electron chi connectivity index (χ3n) is 3.13. The van der Waals surface area contributed by atoms with Crippen LogP contribution in [0.5, 0.6) is 0 Å². The summed E-state index contributed by atoms with van der Waals surface area (Å²) in [6, 6.07) is 9.39. The van der Waals surface area contributed by atoms with Gasteiger partial charge < -0.3 is 15.5 Å². The van der Waals surface area contributed by atoms with Crippen molar-refractivity contribution >= 4 is 16.7 Å². The number of rotatable bonds is 3. The lowest BCUT2D eigenvalue weighted by atomic mass is 10.1. The van der Waals surface area contributed by atoms with Crippen molar-refractivity contribution in [2.75, 3.05) is 0 Å². The average molecular weight is 267 g/mol. The summed E-state index contributed by atoms with van der Waals surface area (Å²) in [6.45, 7) is 0.573. The molecule has 3 aromatic rings. The van der Waals surface area contributed by atoms with E-state index in [2.05, 4.69) is 15.1 Å². The Hall–Kier alpha value is -2.89. The number of oxime groups is 1. The molecule has 3 rings (SSSR count).